The zero-order chi connectivity index (χ0) is 20.1. The number of hydrogen-bond acceptors (Lipinski definition) is 5. The average Bonchev–Trinajstić information content (AvgIpc) is 3.13. The van der Waals surface area contributed by atoms with Gasteiger partial charge >= 0.3 is 0 Å². The molecule has 152 valence electrons. The van der Waals surface area contributed by atoms with Gasteiger partial charge in [0.15, 0.2) is 5.82 Å². The lowest BCUT2D eigenvalue weighted by Gasteiger charge is -2.26. The second-order valence-corrected chi connectivity index (χ2v) is 7.75. The molecule has 1 saturated heterocycles. The lowest BCUT2D eigenvalue weighted by atomic mass is 10.1. The van der Waals surface area contributed by atoms with Crippen molar-refractivity contribution in [3.63, 3.8) is 0 Å². The monoisotopic (exact) mass is 422 g/mol. The van der Waals surface area contributed by atoms with Crippen LogP contribution in [0.3, 0.4) is 0 Å². The van der Waals surface area contributed by atoms with Crippen molar-refractivity contribution in [1.82, 2.24) is 15.0 Å². The number of hydrogen-bond donors (Lipinski definition) is 1. The SMILES string of the molecule is CCOCC1CCCN1Nc1nc(CC)c(-c2ccc(Cl)cc2Cl)nc1CC. The summed E-state index contributed by atoms with van der Waals surface area (Å²) in [5.41, 5.74) is 7.07. The molecule has 7 heteroatoms. The molecule has 0 saturated carbocycles. The lowest BCUT2D eigenvalue weighted by molar-refractivity contribution is 0.0943. The van der Waals surface area contributed by atoms with E-state index in [1.54, 1.807) is 6.07 Å². The van der Waals surface area contributed by atoms with Crippen LogP contribution in [0.1, 0.15) is 45.0 Å². The molecule has 0 radical (unpaired) electrons. The molecule has 1 aliphatic rings. The minimum absolute atomic E-state index is 0.363. The molecule has 1 aliphatic heterocycles. The van der Waals surface area contributed by atoms with Crippen molar-refractivity contribution in [2.75, 3.05) is 25.2 Å². The van der Waals surface area contributed by atoms with Gasteiger partial charge in [-0.2, -0.15) is 0 Å². The largest absolute Gasteiger partial charge is 0.380 e. The molecule has 1 aromatic carbocycles. The van der Waals surface area contributed by atoms with Crippen LogP contribution in [0, 0.1) is 0 Å². The number of hydrazine groups is 1. The fourth-order valence-corrected chi connectivity index (χ4v) is 4.03. The summed E-state index contributed by atoms with van der Waals surface area (Å²) in [6.07, 6.45) is 3.82. The second kappa shape index (κ2) is 9.88. The van der Waals surface area contributed by atoms with Gasteiger partial charge in [-0.3, -0.25) is 0 Å². The Kier molecular flexibility index (Phi) is 7.52. The van der Waals surface area contributed by atoms with Gasteiger partial charge in [0.2, 0.25) is 0 Å². The van der Waals surface area contributed by atoms with Gasteiger partial charge in [0.05, 0.1) is 34.8 Å². The Balaban J connectivity index is 1.93. The number of rotatable bonds is 8. The second-order valence-electron chi connectivity index (χ2n) is 6.91. The fraction of sp³-hybridized carbons (Fsp3) is 0.524. The predicted octanol–water partition coefficient (Wildman–Crippen LogP) is 5.40. The maximum atomic E-state index is 6.44. The van der Waals surface area contributed by atoms with Crippen LogP contribution in [0.25, 0.3) is 11.3 Å². The molecule has 1 atom stereocenters. The zero-order valence-corrected chi connectivity index (χ0v) is 18.3. The maximum absolute atomic E-state index is 6.44. The van der Waals surface area contributed by atoms with Gasteiger partial charge in [0.1, 0.15) is 0 Å². The van der Waals surface area contributed by atoms with Crippen LogP contribution in [0.15, 0.2) is 18.2 Å². The fourth-order valence-electron chi connectivity index (χ4n) is 3.53. The van der Waals surface area contributed by atoms with E-state index >= 15 is 0 Å². The summed E-state index contributed by atoms with van der Waals surface area (Å²) in [5, 5.41) is 3.45. The third-order valence-corrected chi connectivity index (χ3v) is 5.59. The molecular weight excluding hydrogens is 395 g/mol. The predicted molar refractivity (Wildman–Crippen MR) is 116 cm³/mol. The van der Waals surface area contributed by atoms with Crippen molar-refractivity contribution in [2.45, 2.75) is 52.5 Å². The van der Waals surface area contributed by atoms with E-state index in [9.17, 15) is 0 Å². The molecule has 2 heterocycles. The van der Waals surface area contributed by atoms with Crippen LogP contribution >= 0.6 is 23.2 Å². The number of aromatic nitrogens is 2. The Morgan fingerprint density at radius 3 is 2.61 bits per heavy atom. The normalized spacial score (nSPS) is 17.2. The number of anilines is 1. The zero-order valence-electron chi connectivity index (χ0n) is 16.8. The van der Waals surface area contributed by atoms with Gasteiger partial charge in [-0.05, 0) is 50.8 Å². The summed E-state index contributed by atoms with van der Waals surface area (Å²) in [4.78, 5) is 9.87. The molecule has 1 aromatic heterocycles. The van der Waals surface area contributed by atoms with E-state index in [0.717, 1.165) is 73.9 Å². The van der Waals surface area contributed by atoms with Crippen LogP contribution in [0.5, 0.6) is 0 Å². The van der Waals surface area contributed by atoms with Crippen molar-refractivity contribution in [3.05, 3.63) is 39.6 Å². The van der Waals surface area contributed by atoms with Gasteiger partial charge in [0, 0.05) is 23.7 Å². The highest BCUT2D eigenvalue weighted by Crippen LogP contribution is 2.33. The van der Waals surface area contributed by atoms with E-state index < -0.39 is 0 Å². The number of nitrogens with one attached hydrogen (secondary N) is 1. The first kappa shape index (κ1) is 21.3. The number of benzene rings is 1. The van der Waals surface area contributed by atoms with Crippen LogP contribution < -0.4 is 5.43 Å². The minimum atomic E-state index is 0.363. The Hall–Kier alpha value is -1.40. The van der Waals surface area contributed by atoms with E-state index in [-0.39, 0.29) is 0 Å². The highest BCUT2D eigenvalue weighted by molar-refractivity contribution is 6.36. The van der Waals surface area contributed by atoms with Gasteiger partial charge in [-0.15, -0.1) is 0 Å². The smallest absolute Gasteiger partial charge is 0.162 e. The quantitative estimate of drug-likeness (QED) is 0.616. The van der Waals surface area contributed by atoms with Crippen LogP contribution in [-0.2, 0) is 17.6 Å². The standard InChI is InChI=1S/C21H28Cl2N4O/c1-4-18-20(16-10-9-14(22)12-17(16)23)24-19(5-2)21(25-18)26-27-11-7-8-15(27)13-28-6-3/h9-10,12,15H,4-8,11,13H2,1-3H3,(H,25,26). The van der Waals surface area contributed by atoms with Crippen molar-refractivity contribution in [2.24, 2.45) is 0 Å². The summed E-state index contributed by atoms with van der Waals surface area (Å²) in [7, 11) is 0. The van der Waals surface area contributed by atoms with Crippen LogP contribution in [-0.4, -0.2) is 40.8 Å². The summed E-state index contributed by atoms with van der Waals surface area (Å²) in [6, 6.07) is 5.87. The molecule has 1 fully saturated rings. The van der Waals surface area contributed by atoms with E-state index in [4.69, 9.17) is 37.9 Å². The summed E-state index contributed by atoms with van der Waals surface area (Å²) >= 11 is 12.5. The Morgan fingerprint density at radius 2 is 1.93 bits per heavy atom. The maximum Gasteiger partial charge on any atom is 0.162 e. The Bertz CT molecular complexity index is 815. The molecule has 3 rings (SSSR count). The molecule has 0 amide bonds. The molecule has 1 N–H and O–H groups in total. The third kappa shape index (κ3) is 4.77. The Morgan fingerprint density at radius 1 is 1.14 bits per heavy atom. The summed E-state index contributed by atoms with van der Waals surface area (Å²) < 4.78 is 5.64. The van der Waals surface area contributed by atoms with E-state index in [1.165, 1.54) is 0 Å². The Labute approximate surface area is 177 Å². The topological polar surface area (TPSA) is 50.3 Å². The van der Waals surface area contributed by atoms with Gasteiger partial charge in [-0.25, -0.2) is 15.0 Å². The number of halogens is 2. The molecule has 0 bridgehead atoms. The van der Waals surface area contributed by atoms with Crippen LogP contribution in [0.2, 0.25) is 10.0 Å². The highest BCUT2D eigenvalue weighted by Gasteiger charge is 2.26. The molecule has 0 aliphatic carbocycles. The molecule has 0 spiro atoms. The van der Waals surface area contributed by atoms with Crippen LogP contribution in [0.4, 0.5) is 5.82 Å². The first-order chi connectivity index (χ1) is 13.6. The molecule has 28 heavy (non-hydrogen) atoms. The number of nitrogens with zero attached hydrogens (tertiary/aromatic N) is 3. The third-order valence-electron chi connectivity index (χ3n) is 5.04. The van der Waals surface area contributed by atoms with Crippen molar-refractivity contribution >= 4 is 29.0 Å². The van der Waals surface area contributed by atoms with Crippen molar-refractivity contribution in [1.29, 1.82) is 0 Å². The lowest BCUT2D eigenvalue weighted by Crippen LogP contribution is -2.38. The molecule has 2 aromatic rings. The van der Waals surface area contributed by atoms with Gasteiger partial charge in [0.25, 0.3) is 0 Å². The van der Waals surface area contributed by atoms with E-state index in [1.807, 2.05) is 19.1 Å². The van der Waals surface area contributed by atoms with Gasteiger partial charge < -0.3 is 10.2 Å². The first-order valence-corrected chi connectivity index (χ1v) is 10.8. The molecule has 5 nitrogen and oxygen atoms in total. The summed E-state index contributed by atoms with van der Waals surface area (Å²) in [5.74, 6) is 0.830. The first-order valence-electron chi connectivity index (χ1n) is 10.0. The summed E-state index contributed by atoms with van der Waals surface area (Å²) in [6.45, 7) is 8.66. The van der Waals surface area contributed by atoms with E-state index in [2.05, 4.69) is 24.3 Å². The van der Waals surface area contributed by atoms with Crippen molar-refractivity contribution in [3.8, 4) is 11.3 Å². The average molecular weight is 423 g/mol. The number of aryl methyl sites for hydroxylation is 2. The molecular formula is C21H28Cl2N4O. The minimum Gasteiger partial charge on any atom is -0.380 e. The van der Waals surface area contributed by atoms with E-state index in [0.29, 0.717) is 16.1 Å². The number of ether oxygens (including phenoxy) is 1. The highest BCUT2D eigenvalue weighted by atomic mass is 35.5. The van der Waals surface area contributed by atoms with Crippen molar-refractivity contribution < 1.29 is 4.74 Å². The molecule has 1 unspecified atom stereocenters. The van der Waals surface area contributed by atoms with Gasteiger partial charge in [-0.1, -0.05) is 37.0 Å².